The van der Waals surface area contributed by atoms with Crippen molar-refractivity contribution in [1.82, 2.24) is 8.61 Å². The quantitative estimate of drug-likeness (QED) is 0.644. The van der Waals surface area contributed by atoms with Gasteiger partial charge in [0.1, 0.15) is 0 Å². The van der Waals surface area contributed by atoms with Gasteiger partial charge < -0.3 is 0 Å². The molecule has 5 heteroatoms. The minimum atomic E-state index is -3.10. The van der Waals surface area contributed by atoms with Crippen LogP contribution in [0.3, 0.4) is 0 Å². The van der Waals surface area contributed by atoms with Crippen LogP contribution in [-0.2, 0) is 10.2 Å². The summed E-state index contributed by atoms with van der Waals surface area (Å²) in [5.41, 5.74) is 0. The number of hydrogen-bond acceptors (Lipinski definition) is 2. The number of nitrogens with zero attached hydrogens (tertiary/aromatic N) is 2. The zero-order valence-electron chi connectivity index (χ0n) is 8.97. The lowest BCUT2D eigenvalue weighted by Crippen LogP contribution is -2.32. The summed E-state index contributed by atoms with van der Waals surface area (Å²) in [6, 6.07) is 0.234. The van der Waals surface area contributed by atoms with Crippen molar-refractivity contribution in [2.45, 2.75) is 26.3 Å². The largest absolute Gasteiger partial charge is 0.282 e. The Kier molecular flexibility index (Phi) is 2.36. The first-order valence-electron chi connectivity index (χ1n) is 5.16. The molecule has 82 valence electrons. The fourth-order valence-electron chi connectivity index (χ4n) is 2.42. The van der Waals surface area contributed by atoms with Gasteiger partial charge in [-0.3, -0.25) is 0 Å². The molecule has 0 amide bonds. The van der Waals surface area contributed by atoms with Crippen LogP contribution < -0.4 is 0 Å². The molecule has 0 N–H and O–H groups in total. The highest BCUT2D eigenvalue weighted by Crippen LogP contribution is 2.36. The molecule has 4 nitrogen and oxygen atoms in total. The summed E-state index contributed by atoms with van der Waals surface area (Å²) >= 11 is 0. The average molecular weight is 218 g/mol. The average Bonchev–Trinajstić information content (AvgIpc) is 2.55. The molecule has 14 heavy (non-hydrogen) atoms. The molecular formula is C9H18N2O2S. The van der Waals surface area contributed by atoms with Crippen molar-refractivity contribution < 1.29 is 8.42 Å². The summed E-state index contributed by atoms with van der Waals surface area (Å²) in [7, 11) is -1.44. The molecule has 2 aliphatic heterocycles. The summed E-state index contributed by atoms with van der Waals surface area (Å²) < 4.78 is 26.7. The molecule has 2 unspecified atom stereocenters. The van der Waals surface area contributed by atoms with E-state index in [1.165, 1.54) is 4.31 Å². The third kappa shape index (κ3) is 1.38. The number of likely N-dealkylation sites (N-methyl/N-ethyl adjacent to an activating group) is 1. The highest BCUT2D eigenvalue weighted by atomic mass is 32.2. The van der Waals surface area contributed by atoms with Gasteiger partial charge in [-0.2, -0.15) is 17.0 Å². The molecule has 0 aromatic heterocycles. The highest BCUT2D eigenvalue weighted by molar-refractivity contribution is 7.87. The Morgan fingerprint density at radius 3 is 2.43 bits per heavy atom. The molecule has 2 saturated heterocycles. The van der Waals surface area contributed by atoms with Crippen molar-refractivity contribution >= 4 is 10.2 Å². The van der Waals surface area contributed by atoms with Crippen molar-refractivity contribution in [2.75, 3.05) is 20.1 Å². The monoisotopic (exact) mass is 218 g/mol. The molecule has 2 atom stereocenters. The fourth-order valence-corrected chi connectivity index (χ4v) is 4.05. The normalized spacial score (nSPS) is 38.0. The second-order valence-electron chi connectivity index (χ2n) is 4.75. The van der Waals surface area contributed by atoms with Gasteiger partial charge >= 0.3 is 0 Å². The van der Waals surface area contributed by atoms with Crippen molar-refractivity contribution in [3.63, 3.8) is 0 Å². The van der Waals surface area contributed by atoms with E-state index in [-0.39, 0.29) is 6.04 Å². The van der Waals surface area contributed by atoms with E-state index in [0.29, 0.717) is 18.4 Å². The van der Waals surface area contributed by atoms with Crippen molar-refractivity contribution in [3.05, 3.63) is 0 Å². The highest BCUT2D eigenvalue weighted by Gasteiger charge is 2.48. The van der Waals surface area contributed by atoms with Crippen LogP contribution in [0.15, 0.2) is 0 Å². The maximum atomic E-state index is 11.8. The van der Waals surface area contributed by atoms with E-state index in [9.17, 15) is 8.42 Å². The van der Waals surface area contributed by atoms with E-state index in [1.807, 2.05) is 0 Å². The van der Waals surface area contributed by atoms with Crippen LogP contribution in [0.2, 0.25) is 0 Å². The Morgan fingerprint density at radius 2 is 1.93 bits per heavy atom. The molecular weight excluding hydrogens is 200 g/mol. The molecule has 2 aliphatic rings. The number of hydrogen-bond donors (Lipinski definition) is 0. The van der Waals surface area contributed by atoms with E-state index < -0.39 is 10.2 Å². The molecule has 0 bridgehead atoms. The van der Waals surface area contributed by atoms with Gasteiger partial charge in [-0.1, -0.05) is 13.8 Å². The molecule has 2 fully saturated rings. The Morgan fingerprint density at radius 1 is 1.29 bits per heavy atom. The van der Waals surface area contributed by atoms with E-state index in [0.717, 1.165) is 13.0 Å². The van der Waals surface area contributed by atoms with Crippen LogP contribution in [0.4, 0.5) is 0 Å². The van der Waals surface area contributed by atoms with Crippen molar-refractivity contribution in [2.24, 2.45) is 11.8 Å². The summed E-state index contributed by atoms with van der Waals surface area (Å²) in [6.45, 7) is 5.73. The van der Waals surface area contributed by atoms with Gasteiger partial charge in [-0.15, -0.1) is 0 Å². The first-order chi connectivity index (χ1) is 6.43. The third-order valence-corrected chi connectivity index (χ3v) is 5.47. The fraction of sp³-hybridized carbons (Fsp3) is 1.00. The zero-order chi connectivity index (χ0) is 10.5. The van der Waals surface area contributed by atoms with Crippen LogP contribution in [0, 0.1) is 11.8 Å². The SMILES string of the molecule is CC(C)C1CC2CN(C)S(=O)(=O)N2C1. The molecule has 0 saturated carbocycles. The Balaban J connectivity index is 2.18. The molecule has 2 rings (SSSR count). The predicted octanol–water partition coefficient (Wildman–Crippen LogP) is 0.523. The second kappa shape index (κ2) is 3.18. The molecule has 0 radical (unpaired) electrons. The summed E-state index contributed by atoms with van der Waals surface area (Å²) in [5.74, 6) is 1.13. The second-order valence-corrected chi connectivity index (χ2v) is 6.74. The Hall–Kier alpha value is -0.130. The van der Waals surface area contributed by atoms with E-state index >= 15 is 0 Å². The van der Waals surface area contributed by atoms with Crippen molar-refractivity contribution in [1.29, 1.82) is 0 Å². The first kappa shape index (κ1) is 10.4. The smallest absolute Gasteiger partial charge is 0.195 e. The zero-order valence-corrected chi connectivity index (χ0v) is 9.79. The van der Waals surface area contributed by atoms with E-state index in [1.54, 1.807) is 11.4 Å². The lowest BCUT2D eigenvalue weighted by Gasteiger charge is -2.17. The van der Waals surface area contributed by atoms with Gasteiger partial charge in [0.2, 0.25) is 0 Å². The van der Waals surface area contributed by atoms with Gasteiger partial charge in [0.05, 0.1) is 0 Å². The first-order valence-corrected chi connectivity index (χ1v) is 6.55. The van der Waals surface area contributed by atoms with Gasteiger partial charge in [-0.05, 0) is 18.3 Å². The molecule has 0 aliphatic carbocycles. The maximum Gasteiger partial charge on any atom is 0.282 e. The minimum Gasteiger partial charge on any atom is -0.195 e. The van der Waals surface area contributed by atoms with Gasteiger partial charge in [0, 0.05) is 26.2 Å². The van der Waals surface area contributed by atoms with Crippen LogP contribution in [-0.4, -0.2) is 43.2 Å². The lowest BCUT2D eigenvalue weighted by atomic mass is 9.93. The van der Waals surface area contributed by atoms with Gasteiger partial charge in [0.25, 0.3) is 10.2 Å². The maximum absolute atomic E-state index is 11.8. The summed E-state index contributed by atoms with van der Waals surface area (Å²) in [5, 5.41) is 0. The van der Waals surface area contributed by atoms with E-state index in [4.69, 9.17) is 0 Å². The molecule has 0 aromatic rings. The number of rotatable bonds is 1. The standard InChI is InChI=1S/C9H18N2O2S/c1-7(2)8-4-9-6-10(3)14(12,13)11(9)5-8/h7-9H,4-6H2,1-3H3. The minimum absolute atomic E-state index is 0.234. The molecule has 2 heterocycles. The van der Waals surface area contributed by atoms with Crippen LogP contribution in [0.25, 0.3) is 0 Å². The Bertz CT molecular complexity index is 326. The topological polar surface area (TPSA) is 40.6 Å². The lowest BCUT2D eigenvalue weighted by molar-refractivity contribution is 0.382. The van der Waals surface area contributed by atoms with E-state index in [2.05, 4.69) is 13.8 Å². The Labute approximate surface area is 86.1 Å². The van der Waals surface area contributed by atoms with Gasteiger partial charge in [0.15, 0.2) is 0 Å². The molecule has 0 aromatic carbocycles. The van der Waals surface area contributed by atoms with Gasteiger partial charge in [-0.25, -0.2) is 0 Å². The van der Waals surface area contributed by atoms with Crippen molar-refractivity contribution in [3.8, 4) is 0 Å². The predicted molar refractivity (Wildman–Crippen MR) is 55.0 cm³/mol. The number of fused-ring (bicyclic) bond motifs is 1. The third-order valence-electron chi connectivity index (χ3n) is 3.50. The van der Waals surface area contributed by atoms with Crippen LogP contribution >= 0.6 is 0 Å². The van der Waals surface area contributed by atoms with Crippen LogP contribution in [0.1, 0.15) is 20.3 Å². The van der Waals surface area contributed by atoms with Crippen LogP contribution in [0.5, 0.6) is 0 Å². The molecule has 0 spiro atoms. The summed E-state index contributed by atoms with van der Waals surface area (Å²) in [4.78, 5) is 0. The summed E-state index contributed by atoms with van der Waals surface area (Å²) in [6.07, 6.45) is 1.03.